The third-order valence-corrected chi connectivity index (χ3v) is 2.94. The minimum Gasteiger partial charge on any atom is -0.287 e. The van der Waals surface area contributed by atoms with Crippen LogP contribution in [0.25, 0.3) is 5.57 Å². The van der Waals surface area contributed by atoms with Gasteiger partial charge in [-0.2, -0.15) is 5.26 Å². The number of fused-ring (bicyclic) bond motifs is 1. The quantitative estimate of drug-likeness (QED) is 0.595. The number of nitriles is 1. The van der Waals surface area contributed by atoms with Gasteiger partial charge in [0, 0.05) is 5.56 Å². The number of hydrogen-bond donors (Lipinski definition) is 0. The number of ketones is 1. The number of terminal acetylenes is 1. The first kappa shape index (κ1) is 12.5. The van der Waals surface area contributed by atoms with Crippen LogP contribution in [-0.4, -0.2) is 11.5 Å². The molecule has 0 spiro atoms. The Kier molecular flexibility index (Phi) is 3.14. The number of benzene rings is 1. The SMILES string of the molecule is C#CC(=C)C(C#N)=NC1=C(C)c2ccccc2C1=O. The molecule has 1 aromatic rings. The highest BCUT2D eigenvalue weighted by atomic mass is 16.1. The molecule has 0 radical (unpaired) electrons. The Morgan fingerprint density at radius 3 is 2.53 bits per heavy atom. The van der Waals surface area contributed by atoms with Gasteiger partial charge in [0.2, 0.25) is 5.78 Å². The molecule has 1 aliphatic carbocycles. The molecular formula is C16H10N2O. The van der Waals surface area contributed by atoms with Crippen molar-refractivity contribution in [3.05, 3.63) is 53.2 Å². The first-order valence-electron chi connectivity index (χ1n) is 5.59. The Hall–Kier alpha value is -2.91. The lowest BCUT2D eigenvalue weighted by molar-refractivity contribution is 0.103. The molecule has 0 fully saturated rings. The zero-order valence-corrected chi connectivity index (χ0v) is 10.4. The second-order valence-corrected chi connectivity index (χ2v) is 4.04. The average molecular weight is 246 g/mol. The summed E-state index contributed by atoms with van der Waals surface area (Å²) in [5.41, 5.74) is 2.62. The number of rotatable bonds is 2. The Balaban J connectivity index is 2.56. The number of aliphatic imine (C=N–C) groups is 1. The van der Waals surface area contributed by atoms with E-state index >= 15 is 0 Å². The molecule has 0 saturated carbocycles. The van der Waals surface area contributed by atoms with E-state index in [-0.39, 0.29) is 22.8 Å². The summed E-state index contributed by atoms with van der Waals surface area (Å²) in [6, 6.07) is 9.11. The van der Waals surface area contributed by atoms with Crippen molar-refractivity contribution in [1.29, 1.82) is 5.26 Å². The van der Waals surface area contributed by atoms with E-state index in [1.165, 1.54) is 0 Å². The van der Waals surface area contributed by atoms with Gasteiger partial charge in [-0.25, -0.2) is 4.99 Å². The lowest BCUT2D eigenvalue weighted by Crippen LogP contribution is -2.02. The number of allylic oxidation sites excluding steroid dienone is 3. The Bertz CT molecular complexity index is 737. The van der Waals surface area contributed by atoms with Crippen molar-refractivity contribution in [2.45, 2.75) is 6.92 Å². The Morgan fingerprint density at radius 1 is 1.37 bits per heavy atom. The van der Waals surface area contributed by atoms with Gasteiger partial charge in [-0.05, 0) is 18.1 Å². The Morgan fingerprint density at radius 2 is 2.00 bits per heavy atom. The fraction of sp³-hybridized carbons (Fsp3) is 0.0625. The van der Waals surface area contributed by atoms with Gasteiger partial charge < -0.3 is 0 Å². The Labute approximate surface area is 111 Å². The molecule has 2 rings (SSSR count). The van der Waals surface area contributed by atoms with Gasteiger partial charge in [0.1, 0.15) is 11.8 Å². The summed E-state index contributed by atoms with van der Waals surface area (Å²) in [6.07, 6.45) is 5.19. The second-order valence-electron chi connectivity index (χ2n) is 4.04. The lowest BCUT2D eigenvalue weighted by Gasteiger charge is -1.97. The molecule has 0 unspecified atom stereocenters. The van der Waals surface area contributed by atoms with Gasteiger partial charge >= 0.3 is 0 Å². The zero-order chi connectivity index (χ0) is 14.0. The van der Waals surface area contributed by atoms with Gasteiger partial charge in [-0.15, -0.1) is 6.42 Å². The molecule has 0 N–H and O–H groups in total. The minimum atomic E-state index is -0.189. The van der Waals surface area contributed by atoms with Crippen molar-refractivity contribution in [1.82, 2.24) is 0 Å². The molecular weight excluding hydrogens is 236 g/mol. The maximum Gasteiger partial charge on any atom is 0.212 e. The van der Waals surface area contributed by atoms with E-state index in [0.29, 0.717) is 5.56 Å². The molecule has 0 heterocycles. The predicted molar refractivity (Wildman–Crippen MR) is 74.4 cm³/mol. The summed E-state index contributed by atoms with van der Waals surface area (Å²) in [4.78, 5) is 16.3. The first-order valence-corrected chi connectivity index (χ1v) is 5.59. The molecule has 1 aliphatic rings. The predicted octanol–water partition coefficient (Wildman–Crippen LogP) is 2.77. The lowest BCUT2D eigenvalue weighted by atomic mass is 10.1. The van der Waals surface area contributed by atoms with E-state index in [4.69, 9.17) is 11.7 Å². The van der Waals surface area contributed by atoms with E-state index in [1.807, 2.05) is 18.2 Å². The third kappa shape index (κ3) is 1.99. The van der Waals surface area contributed by atoms with E-state index in [2.05, 4.69) is 17.5 Å². The molecule has 90 valence electrons. The van der Waals surface area contributed by atoms with Crippen molar-refractivity contribution in [2.75, 3.05) is 0 Å². The highest BCUT2D eigenvalue weighted by Crippen LogP contribution is 2.33. The van der Waals surface area contributed by atoms with Crippen LogP contribution in [0, 0.1) is 23.7 Å². The largest absolute Gasteiger partial charge is 0.287 e. The zero-order valence-electron chi connectivity index (χ0n) is 10.4. The average Bonchev–Trinajstić information content (AvgIpc) is 2.68. The van der Waals surface area contributed by atoms with Gasteiger partial charge in [-0.3, -0.25) is 4.79 Å². The van der Waals surface area contributed by atoms with Crippen molar-refractivity contribution in [2.24, 2.45) is 4.99 Å². The monoisotopic (exact) mass is 246 g/mol. The van der Waals surface area contributed by atoms with Crippen LogP contribution in [0.2, 0.25) is 0 Å². The summed E-state index contributed by atoms with van der Waals surface area (Å²) in [7, 11) is 0. The van der Waals surface area contributed by atoms with Crippen LogP contribution in [0.3, 0.4) is 0 Å². The van der Waals surface area contributed by atoms with Gasteiger partial charge in [0.05, 0.1) is 5.57 Å². The molecule has 0 amide bonds. The number of hydrogen-bond acceptors (Lipinski definition) is 3. The van der Waals surface area contributed by atoms with Gasteiger partial charge in [0.15, 0.2) is 5.71 Å². The van der Waals surface area contributed by atoms with Crippen molar-refractivity contribution in [3.63, 3.8) is 0 Å². The van der Waals surface area contributed by atoms with Gasteiger partial charge in [0.25, 0.3) is 0 Å². The number of carbonyl (C=O) groups excluding carboxylic acids is 1. The normalized spacial score (nSPS) is 13.8. The minimum absolute atomic E-state index is 0.00185. The van der Waals surface area contributed by atoms with E-state index < -0.39 is 0 Å². The summed E-state index contributed by atoms with van der Waals surface area (Å²) >= 11 is 0. The van der Waals surface area contributed by atoms with Crippen LogP contribution in [0.5, 0.6) is 0 Å². The van der Waals surface area contributed by atoms with Crippen LogP contribution in [0.1, 0.15) is 22.8 Å². The van der Waals surface area contributed by atoms with Gasteiger partial charge in [-0.1, -0.05) is 36.8 Å². The molecule has 0 saturated heterocycles. The van der Waals surface area contributed by atoms with Crippen molar-refractivity contribution >= 4 is 17.1 Å². The summed E-state index contributed by atoms with van der Waals surface area (Å²) in [5, 5.41) is 9.01. The van der Waals surface area contributed by atoms with Crippen LogP contribution in [-0.2, 0) is 0 Å². The van der Waals surface area contributed by atoms with Crippen molar-refractivity contribution in [3.8, 4) is 18.4 Å². The number of nitrogens with zero attached hydrogens (tertiary/aromatic N) is 2. The number of carbonyl (C=O) groups is 1. The smallest absolute Gasteiger partial charge is 0.212 e. The van der Waals surface area contributed by atoms with E-state index in [1.54, 1.807) is 19.1 Å². The highest BCUT2D eigenvalue weighted by Gasteiger charge is 2.27. The fourth-order valence-corrected chi connectivity index (χ4v) is 1.91. The van der Waals surface area contributed by atoms with Crippen molar-refractivity contribution < 1.29 is 4.79 Å². The fourth-order valence-electron chi connectivity index (χ4n) is 1.91. The third-order valence-electron chi connectivity index (χ3n) is 2.94. The molecule has 0 aliphatic heterocycles. The van der Waals surface area contributed by atoms with Crippen LogP contribution in [0.15, 0.2) is 47.1 Å². The molecule has 3 nitrogen and oxygen atoms in total. The van der Waals surface area contributed by atoms with E-state index in [9.17, 15) is 4.79 Å². The topological polar surface area (TPSA) is 53.2 Å². The molecule has 0 atom stereocenters. The summed E-state index contributed by atoms with van der Waals surface area (Å²) in [5.74, 6) is 2.07. The summed E-state index contributed by atoms with van der Waals surface area (Å²) < 4.78 is 0. The highest BCUT2D eigenvalue weighted by molar-refractivity contribution is 6.23. The second kappa shape index (κ2) is 4.76. The molecule has 19 heavy (non-hydrogen) atoms. The standard InChI is InChI=1S/C16H10N2O/c1-4-10(2)14(9-17)18-15-11(3)12-7-5-6-8-13(12)16(15)19/h1,5-8H,2H2,3H3. The maximum absolute atomic E-state index is 12.2. The maximum atomic E-state index is 12.2. The molecule has 1 aromatic carbocycles. The first-order chi connectivity index (χ1) is 9.10. The van der Waals surface area contributed by atoms with E-state index in [0.717, 1.165) is 11.1 Å². The van der Waals surface area contributed by atoms with Crippen LogP contribution in [0.4, 0.5) is 0 Å². The van der Waals surface area contributed by atoms with Crippen LogP contribution >= 0.6 is 0 Å². The molecule has 0 aromatic heterocycles. The van der Waals surface area contributed by atoms with Crippen LogP contribution < -0.4 is 0 Å². The number of Topliss-reactive ketones (excluding diaryl/α,β-unsaturated/α-hetero) is 1. The molecule has 3 heteroatoms. The molecule has 0 bridgehead atoms. The summed E-state index contributed by atoms with van der Waals surface area (Å²) in [6.45, 7) is 5.36.